The molecule has 35 heavy (non-hydrogen) atoms. The molecule has 0 spiro atoms. The highest BCUT2D eigenvalue weighted by Gasteiger charge is 2.29. The fraction of sp³-hybridized carbons (Fsp3) is 0.480. The standard InChI is InChI=1S/C25H31ClFN3O3S2/c1-3-33-14-6-13-30-24-11-10-19(35(31,32)29-12-5-7-18(2)16-29)15-23(24)28-25(30)34-17-20-21(26)8-4-9-22(20)27/h4,8-11,15,18H,3,5-7,12-14,16-17H2,1-2H3/t18-/m0/s1. The number of hydrogen-bond acceptors (Lipinski definition) is 5. The smallest absolute Gasteiger partial charge is 0.243 e. The molecule has 0 amide bonds. The highest BCUT2D eigenvalue weighted by Crippen LogP contribution is 2.32. The molecule has 10 heteroatoms. The van der Waals surface area contributed by atoms with E-state index < -0.39 is 10.0 Å². The lowest BCUT2D eigenvalue weighted by molar-refractivity contribution is 0.141. The van der Waals surface area contributed by atoms with Gasteiger partial charge in [0.25, 0.3) is 0 Å². The molecule has 2 aromatic carbocycles. The molecule has 1 aliphatic heterocycles. The minimum atomic E-state index is -3.59. The largest absolute Gasteiger partial charge is 0.382 e. The lowest BCUT2D eigenvalue weighted by atomic mass is 10.0. The predicted molar refractivity (Wildman–Crippen MR) is 139 cm³/mol. The Hall–Kier alpha value is -1.65. The van der Waals surface area contributed by atoms with E-state index in [4.69, 9.17) is 21.3 Å². The van der Waals surface area contributed by atoms with Gasteiger partial charge in [-0.25, -0.2) is 17.8 Å². The van der Waals surface area contributed by atoms with Crippen LogP contribution < -0.4 is 0 Å². The van der Waals surface area contributed by atoms with Gasteiger partial charge in [-0.2, -0.15) is 4.31 Å². The Morgan fingerprint density at radius 1 is 1.29 bits per heavy atom. The first kappa shape index (κ1) is 26.4. The van der Waals surface area contributed by atoms with Crippen molar-refractivity contribution in [2.45, 2.75) is 55.5 Å². The molecule has 0 saturated carbocycles. The van der Waals surface area contributed by atoms with Crippen LogP contribution in [0.15, 0.2) is 46.5 Å². The Kier molecular flexibility index (Phi) is 8.76. The summed E-state index contributed by atoms with van der Waals surface area (Å²) < 4.78 is 50.1. The van der Waals surface area contributed by atoms with Gasteiger partial charge in [0, 0.05) is 49.2 Å². The van der Waals surface area contributed by atoms with Gasteiger partial charge in [-0.15, -0.1) is 0 Å². The fourth-order valence-corrected chi connectivity index (χ4v) is 7.37. The van der Waals surface area contributed by atoms with Crippen molar-refractivity contribution in [1.29, 1.82) is 0 Å². The molecule has 4 rings (SSSR count). The van der Waals surface area contributed by atoms with E-state index in [-0.39, 0.29) is 10.7 Å². The molecular formula is C25H31ClFN3O3S2. The minimum Gasteiger partial charge on any atom is -0.382 e. The maximum Gasteiger partial charge on any atom is 0.243 e. The first-order valence-corrected chi connectivity index (χ1v) is 14.8. The van der Waals surface area contributed by atoms with Crippen LogP contribution in [0.25, 0.3) is 11.0 Å². The maximum absolute atomic E-state index is 14.3. The number of sulfonamides is 1. The number of halogens is 2. The summed E-state index contributed by atoms with van der Waals surface area (Å²) in [5.41, 5.74) is 1.87. The van der Waals surface area contributed by atoms with Crippen molar-refractivity contribution in [3.63, 3.8) is 0 Å². The number of imidazole rings is 1. The van der Waals surface area contributed by atoms with Crippen LogP contribution >= 0.6 is 23.4 Å². The zero-order valence-corrected chi connectivity index (χ0v) is 22.4. The van der Waals surface area contributed by atoms with Crippen LogP contribution in [-0.4, -0.2) is 48.6 Å². The molecule has 1 saturated heterocycles. The Morgan fingerprint density at radius 3 is 2.86 bits per heavy atom. The third kappa shape index (κ3) is 6.02. The van der Waals surface area contributed by atoms with Gasteiger partial charge < -0.3 is 9.30 Å². The molecule has 6 nitrogen and oxygen atoms in total. The Bertz CT molecular complexity index is 1260. The van der Waals surface area contributed by atoms with Crippen molar-refractivity contribution < 1.29 is 17.5 Å². The van der Waals surface area contributed by atoms with E-state index in [1.807, 2.05) is 17.6 Å². The van der Waals surface area contributed by atoms with Gasteiger partial charge in [0.15, 0.2) is 5.16 Å². The van der Waals surface area contributed by atoms with E-state index in [2.05, 4.69) is 6.92 Å². The molecule has 190 valence electrons. The number of rotatable bonds is 10. The molecule has 3 aromatic rings. The summed E-state index contributed by atoms with van der Waals surface area (Å²) in [6.07, 6.45) is 2.69. The van der Waals surface area contributed by atoms with E-state index in [1.54, 1.807) is 28.6 Å². The Balaban J connectivity index is 1.65. The zero-order valence-electron chi connectivity index (χ0n) is 20.0. The quantitative estimate of drug-likeness (QED) is 0.235. The van der Waals surface area contributed by atoms with Crippen molar-refractivity contribution in [3.8, 4) is 0 Å². The van der Waals surface area contributed by atoms with Crippen LogP contribution in [0.4, 0.5) is 4.39 Å². The summed E-state index contributed by atoms with van der Waals surface area (Å²) in [6.45, 7) is 7.03. The molecule has 2 heterocycles. The van der Waals surface area contributed by atoms with Gasteiger partial charge in [0.05, 0.1) is 15.9 Å². The number of hydrogen-bond donors (Lipinski definition) is 0. The van der Waals surface area contributed by atoms with Crippen LogP contribution in [0.5, 0.6) is 0 Å². The summed E-state index contributed by atoms with van der Waals surface area (Å²) >= 11 is 7.61. The third-order valence-corrected chi connectivity index (χ3v) is 9.44. The molecule has 1 fully saturated rings. The first-order chi connectivity index (χ1) is 16.8. The molecule has 0 unspecified atom stereocenters. The Morgan fingerprint density at radius 2 is 2.11 bits per heavy atom. The minimum absolute atomic E-state index is 0.256. The fourth-order valence-electron chi connectivity index (χ4n) is 4.36. The number of benzene rings is 2. The normalized spacial score (nSPS) is 17.3. The monoisotopic (exact) mass is 539 g/mol. The number of nitrogens with zero attached hydrogens (tertiary/aromatic N) is 3. The molecule has 1 aliphatic rings. The summed E-state index contributed by atoms with van der Waals surface area (Å²) in [7, 11) is -3.59. The van der Waals surface area contributed by atoms with Gasteiger partial charge in [-0.3, -0.25) is 0 Å². The van der Waals surface area contributed by atoms with Crippen LogP contribution in [0.1, 0.15) is 38.7 Å². The Labute approximate surface area is 215 Å². The summed E-state index contributed by atoms with van der Waals surface area (Å²) in [5.74, 6) is 0.310. The molecule has 0 N–H and O–H groups in total. The zero-order chi connectivity index (χ0) is 25.0. The number of piperidine rings is 1. The van der Waals surface area contributed by atoms with Crippen molar-refractivity contribution in [2.24, 2.45) is 5.92 Å². The summed E-state index contributed by atoms with van der Waals surface area (Å²) in [4.78, 5) is 5.01. The highest BCUT2D eigenvalue weighted by atomic mass is 35.5. The van der Waals surface area contributed by atoms with E-state index in [0.29, 0.717) is 65.8 Å². The van der Waals surface area contributed by atoms with Crippen LogP contribution in [0.3, 0.4) is 0 Å². The highest BCUT2D eigenvalue weighted by molar-refractivity contribution is 7.98. The van der Waals surface area contributed by atoms with Crippen LogP contribution in [0.2, 0.25) is 5.02 Å². The van der Waals surface area contributed by atoms with Gasteiger partial charge >= 0.3 is 0 Å². The second-order valence-electron chi connectivity index (χ2n) is 8.85. The SMILES string of the molecule is CCOCCCn1c(SCc2c(F)cccc2Cl)nc2cc(S(=O)(=O)N3CCC[C@H](C)C3)ccc21. The van der Waals surface area contributed by atoms with E-state index >= 15 is 0 Å². The van der Waals surface area contributed by atoms with Crippen molar-refractivity contribution in [3.05, 3.63) is 52.8 Å². The van der Waals surface area contributed by atoms with Crippen molar-refractivity contribution in [2.75, 3.05) is 26.3 Å². The molecule has 0 bridgehead atoms. The van der Waals surface area contributed by atoms with Gasteiger partial charge in [-0.1, -0.05) is 36.4 Å². The lowest BCUT2D eigenvalue weighted by Crippen LogP contribution is -2.39. The van der Waals surface area contributed by atoms with Crippen LogP contribution in [-0.2, 0) is 27.1 Å². The van der Waals surface area contributed by atoms with Crippen molar-refractivity contribution in [1.82, 2.24) is 13.9 Å². The molecule has 1 aromatic heterocycles. The number of thioether (sulfide) groups is 1. The van der Waals surface area contributed by atoms with Gasteiger partial charge in [0.1, 0.15) is 5.82 Å². The van der Waals surface area contributed by atoms with Gasteiger partial charge in [0.2, 0.25) is 10.0 Å². The maximum atomic E-state index is 14.3. The molecule has 0 aliphatic carbocycles. The van der Waals surface area contributed by atoms with E-state index in [0.717, 1.165) is 24.8 Å². The topological polar surface area (TPSA) is 64.4 Å². The number of aromatic nitrogens is 2. The van der Waals surface area contributed by atoms with Crippen LogP contribution in [0, 0.1) is 11.7 Å². The second kappa shape index (κ2) is 11.6. The average Bonchev–Trinajstić information content (AvgIpc) is 3.18. The van der Waals surface area contributed by atoms with E-state index in [9.17, 15) is 12.8 Å². The van der Waals surface area contributed by atoms with E-state index in [1.165, 1.54) is 17.8 Å². The first-order valence-electron chi connectivity index (χ1n) is 11.9. The van der Waals surface area contributed by atoms with Gasteiger partial charge in [-0.05, 0) is 62.4 Å². The molecular weight excluding hydrogens is 509 g/mol. The summed E-state index contributed by atoms with van der Waals surface area (Å²) in [5, 5.41) is 1.07. The molecule has 0 radical (unpaired) electrons. The molecule has 1 atom stereocenters. The second-order valence-corrected chi connectivity index (χ2v) is 12.1. The summed E-state index contributed by atoms with van der Waals surface area (Å²) in [6, 6.07) is 9.79. The number of fused-ring (bicyclic) bond motifs is 1. The lowest BCUT2D eigenvalue weighted by Gasteiger charge is -2.30. The third-order valence-electron chi connectivity index (χ3n) is 6.22. The average molecular weight is 540 g/mol. The predicted octanol–water partition coefficient (Wildman–Crippen LogP) is 5.97. The number of aryl methyl sites for hydroxylation is 1. The number of ether oxygens (including phenoxy) is 1. The van der Waals surface area contributed by atoms with Crippen molar-refractivity contribution >= 4 is 44.4 Å².